The first-order chi connectivity index (χ1) is 12.4. The number of aryl methyl sites for hydroxylation is 1. The summed E-state index contributed by atoms with van der Waals surface area (Å²) in [5, 5.41) is 8.46. The number of ether oxygens (including phenoxy) is 1. The van der Waals surface area contributed by atoms with E-state index in [1.165, 1.54) is 38.5 Å². The highest BCUT2D eigenvalue weighted by Crippen LogP contribution is 2.67. The van der Waals surface area contributed by atoms with E-state index in [4.69, 9.17) is 9.37 Å². The molecule has 5 heteroatoms. The number of esters is 1. The summed E-state index contributed by atoms with van der Waals surface area (Å²) in [6, 6.07) is 0. The van der Waals surface area contributed by atoms with Crippen LogP contribution in [0.4, 0.5) is 0 Å². The quantitative estimate of drug-likeness (QED) is 0.701. The lowest BCUT2D eigenvalue weighted by Crippen LogP contribution is -2.53. The molecule has 0 aromatic carbocycles. The molecule has 4 aliphatic rings. The van der Waals surface area contributed by atoms with E-state index in [0.29, 0.717) is 17.3 Å². The number of nitrogens with zero attached hydrogens (tertiary/aromatic N) is 2. The van der Waals surface area contributed by atoms with Crippen molar-refractivity contribution < 1.29 is 14.2 Å². The molecule has 0 spiro atoms. The number of hydrogen-bond donors (Lipinski definition) is 0. The summed E-state index contributed by atoms with van der Waals surface area (Å²) >= 11 is 0. The molecule has 0 aliphatic heterocycles. The Balaban J connectivity index is 1.45. The SMILES string of the molecule is CC(=O)OC1CC[C@H]2[C@@H]3CC[C@H]4c5nonc5CC[C@]4(C)[C@H]3CC[C@]12C. The third kappa shape index (κ3) is 2.12. The first kappa shape index (κ1) is 16.8. The van der Waals surface area contributed by atoms with E-state index in [2.05, 4.69) is 24.2 Å². The van der Waals surface area contributed by atoms with Crippen molar-refractivity contribution in [2.45, 2.75) is 84.2 Å². The molecule has 1 aromatic rings. The van der Waals surface area contributed by atoms with Crippen LogP contribution in [0.15, 0.2) is 4.63 Å². The monoisotopic (exact) mass is 358 g/mol. The van der Waals surface area contributed by atoms with Gasteiger partial charge in [0.25, 0.3) is 0 Å². The Hall–Kier alpha value is -1.39. The van der Waals surface area contributed by atoms with Crippen molar-refractivity contribution in [3.8, 4) is 0 Å². The van der Waals surface area contributed by atoms with Gasteiger partial charge >= 0.3 is 5.97 Å². The first-order valence-corrected chi connectivity index (χ1v) is 10.4. The largest absolute Gasteiger partial charge is 0.462 e. The first-order valence-electron chi connectivity index (χ1n) is 10.4. The second-order valence-electron chi connectivity index (χ2n) is 9.83. The zero-order chi connectivity index (χ0) is 18.1. The van der Waals surface area contributed by atoms with Crippen LogP contribution in [0.3, 0.4) is 0 Å². The van der Waals surface area contributed by atoms with Gasteiger partial charge in [-0.2, -0.15) is 0 Å². The topological polar surface area (TPSA) is 65.2 Å². The molecule has 3 saturated carbocycles. The predicted octanol–water partition coefficient (Wildman–Crippen LogP) is 4.27. The summed E-state index contributed by atoms with van der Waals surface area (Å²) in [5.41, 5.74) is 2.73. The van der Waals surface area contributed by atoms with Gasteiger partial charge in [0.2, 0.25) is 0 Å². The van der Waals surface area contributed by atoms with Crippen molar-refractivity contribution in [1.82, 2.24) is 10.3 Å². The maximum absolute atomic E-state index is 11.6. The van der Waals surface area contributed by atoms with Crippen LogP contribution in [-0.4, -0.2) is 22.4 Å². The Morgan fingerprint density at radius 3 is 2.65 bits per heavy atom. The van der Waals surface area contributed by atoms with Gasteiger partial charge < -0.3 is 4.74 Å². The van der Waals surface area contributed by atoms with Crippen molar-refractivity contribution in [2.75, 3.05) is 0 Å². The van der Waals surface area contributed by atoms with Gasteiger partial charge in [-0.15, -0.1) is 0 Å². The molecule has 0 bridgehead atoms. The van der Waals surface area contributed by atoms with Crippen LogP contribution in [0, 0.1) is 28.6 Å². The van der Waals surface area contributed by atoms with Gasteiger partial charge in [-0.3, -0.25) is 4.79 Å². The number of rotatable bonds is 1. The second-order valence-corrected chi connectivity index (χ2v) is 9.83. The van der Waals surface area contributed by atoms with E-state index in [-0.39, 0.29) is 17.5 Å². The molecule has 3 fully saturated rings. The van der Waals surface area contributed by atoms with Crippen molar-refractivity contribution in [1.29, 1.82) is 0 Å². The second kappa shape index (κ2) is 5.56. The molecular formula is C21H30N2O3. The lowest BCUT2D eigenvalue weighted by atomic mass is 9.45. The van der Waals surface area contributed by atoms with E-state index in [0.717, 1.165) is 36.1 Å². The molecule has 1 heterocycles. The lowest BCUT2D eigenvalue weighted by Gasteiger charge is -2.59. The van der Waals surface area contributed by atoms with E-state index in [1.54, 1.807) is 6.92 Å². The van der Waals surface area contributed by atoms with Crippen molar-refractivity contribution in [3.05, 3.63) is 11.4 Å². The minimum atomic E-state index is -0.118. The van der Waals surface area contributed by atoms with Crippen LogP contribution in [0.25, 0.3) is 0 Å². The summed E-state index contributed by atoms with van der Waals surface area (Å²) in [6.45, 7) is 6.46. The highest BCUT2D eigenvalue weighted by Gasteiger charge is 2.61. The van der Waals surface area contributed by atoms with Crippen LogP contribution >= 0.6 is 0 Å². The molecule has 0 radical (unpaired) electrons. The zero-order valence-electron chi connectivity index (χ0n) is 16.2. The fraction of sp³-hybridized carbons (Fsp3) is 0.857. The Kier molecular flexibility index (Phi) is 3.58. The van der Waals surface area contributed by atoms with E-state index >= 15 is 0 Å². The summed E-state index contributed by atoms with van der Waals surface area (Å²) in [7, 11) is 0. The van der Waals surface area contributed by atoms with Crippen LogP contribution in [0.5, 0.6) is 0 Å². The summed E-state index contributed by atoms with van der Waals surface area (Å²) in [6.07, 6.45) is 9.49. The average Bonchev–Trinajstić information content (AvgIpc) is 3.19. The third-order valence-electron chi connectivity index (χ3n) is 8.91. The third-order valence-corrected chi connectivity index (χ3v) is 8.91. The smallest absolute Gasteiger partial charge is 0.302 e. The molecular weight excluding hydrogens is 328 g/mol. The van der Waals surface area contributed by atoms with Gasteiger partial charge in [0.05, 0.1) is 0 Å². The van der Waals surface area contributed by atoms with Crippen LogP contribution in [0.1, 0.15) is 83.0 Å². The Bertz CT molecular complexity index is 731. The maximum atomic E-state index is 11.6. The Morgan fingerprint density at radius 2 is 1.85 bits per heavy atom. The van der Waals surface area contributed by atoms with Gasteiger partial charge in [0.15, 0.2) is 0 Å². The molecule has 7 atom stereocenters. The summed E-state index contributed by atoms with van der Waals surface area (Å²) in [5.74, 6) is 2.60. The highest BCUT2D eigenvalue weighted by atomic mass is 16.6. The van der Waals surface area contributed by atoms with Gasteiger partial charge in [-0.25, -0.2) is 4.63 Å². The highest BCUT2D eigenvalue weighted by molar-refractivity contribution is 5.66. The number of carbonyl (C=O) groups is 1. The molecule has 1 unspecified atom stereocenters. The number of hydrogen-bond acceptors (Lipinski definition) is 5. The number of aromatic nitrogens is 2. The summed E-state index contributed by atoms with van der Waals surface area (Å²) < 4.78 is 10.8. The number of carbonyl (C=O) groups excluding carboxylic acids is 1. The van der Waals surface area contributed by atoms with E-state index in [1.807, 2.05) is 0 Å². The standard InChI is InChI=1S/C21H30N2O3/c1-12(24)25-18-7-6-14-13-4-5-16-19-17(22-26-23-19)9-11-20(16,2)15(13)8-10-21(14,18)3/h13-16,18H,4-11H2,1-3H3/t13-,14-,15-,16-,18?,20+,21-/m0/s1. The van der Waals surface area contributed by atoms with E-state index < -0.39 is 0 Å². The average molecular weight is 358 g/mol. The van der Waals surface area contributed by atoms with Crippen LogP contribution in [0.2, 0.25) is 0 Å². The van der Waals surface area contributed by atoms with Crippen molar-refractivity contribution in [2.24, 2.45) is 28.6 Å². The predicted molar refractivity (Wildman–Crippen MR) is 95.3 cm³/mol. The molecule has 5 nitrogen and oxygen atoms in total. The normalized spacial score (nSPS) is 46.7. The van der Waals surface area contributed by atoms with E-state index in [9.17, 15) is 4.79 Å². The molecule has 0 N–H and O–H groups in total. The fourth-order valence-electron chi connectivity index (χ4n) is 7.65. The minimum absolute atomic E-state index is 0.118. The molecule has 4 aliphatic carbocycles. The molecule has 1 aromatic heterocycles. The molecule has 0 amide bonds. The Labute approximate surface area is 155 Å². The molecule has 26 heavy (non-hydrogen) atoms. The van der Waals surface area contributed by atoms with Gasteiger partial charge in [-0.1, -0.05) is 24.2 Å². The number of fused-ring (bicyclic) bond motifs is 7. The fourth-order valence-corrected chi connectivity index (χ4v) is 7.65. The lowest BCUT2D eigenvalue weighted by molar-refractivity contribution is -0.159. The zero-order valence-corrected chi connectivity index (χ0v) is 16.2. The minimum Gasteiger partial charge on any atom is -0.462 e. The Morgan fingerprint density at radius 1 is 1.04 bits per heavy atom. The molecule has 142 valence electrons. The van der Waals surface area contributed by atoms with Gasteiger partial charge in [0, 0.05) is 18.3 Å². The van der Waals surface area contributed by atoms with Gasteiger partial charge in [-0.05, 0) is 74.5 Å². The van der Waals surface area contributed by atoms with Gasteiger partial charge in [0.1, 0.15) is 17.5 Å². The van der Waals surface area contributed by atoms with Crippen molar-refractivity contribution >= 4 is 5.97 Å². The van der Waals surface area contributed by atoms with Crippen molar-refractivity contribution in [3.63, 3.8) is 0 Å². The maximum Gasteiger partial charge on any atom is 0.302 e. The van der Waals surface area contributed by atoms with Crippen LogP contribution < -0.4 is 0 Å². The molecule has 0 saturated heterocycles. The van der Waals surface area contributed by atoms with Crippen LogP contribution in [-0.2, 0) is 16.0 Å². The summed E-state index contributed by atoms with van der Waals surface area (Å²) in [4.78, 5) is 11.6. The molecule has 5 rings (SSSR count).